The summed E-state index contributed by atoms with van der Waals surface area (Å²) in [6.45, 7) is 0. The zero-order chi connectivity index (χ0) is 32.3. The minimum absolute atomic E-state index is 0.872. The van der Waals surface area contributed by atoms with Crippen molar-refractivity contribution >= 4 is 81.3 Å². The highest BCUT2D eigenvalue weighted by Gasteiger charge is 2.24. The fraction of sp³-hybridized carbons (Fsp3) is 0. The van der Waals surface area contributed by atoms with E-state index in [9.17, 15) is 0 Å². The topological polar surface area (TPSA) is 16.4 Å². The van der Waals surface area contributed by atoms with Gasteiger partial charge in [0.2, 0.25) is 0 Å². The summed E-state index contributed by atoms with van der Waals surface area (Å²) in [4.78, 5) is 2.45. The van der Waals surface area contributed by atoms with Crippen molar-refractivity contribution in [1.82, 2.24) is 0 Å². The Hall–Kier alpha value is -6.16. The van der Waals surface area contributed by atoms with Crippen LogP contribution in [0.2, 0.25) is 0 Å². The van der Waals surface area contributed by atoms with Gasteiger partial charge in [0, 0.05) is 31.9 Å². The Morgan fingerprint density at radius 2 is 1.08 bits per heavy atom. The van der Waals surface area contributed by atoms with Crippen molar-refractivity contribution in [2.75, 3.05) is 4.90 Å². The van der Waals surface area contributed by atoms with Gasteiger partial charge in [-0.05, 0) is 70.1 Å². The van der Waals surface area contributed by atoms with Gasteiger partial charge in [-0.2, -0.15) is 0 Å². The molecule has 230 valence electrons. The Balaban J connectivity index is 1.31. The molecule has 3 heteroatoms. The van der Waals surface area contributed by atoms with Crippen LogP contribution in [0.25, 0.3) is 75.1 Å². The third-order valence-electron chi connectivity index (χ3n) is 9.65. The van der Waals surface area contributed by atoms with Crippen LogP contribution in [0.3, 0.4) is 0 Å². The summed E-state index contributed by atoms with van der Waals surface area (Å²) in [6, 6.07) is 63.1. The molecule has 0 saturated carbocycles. The molecule has 2 aromatic heterocycles. The summed E-state index contributed by atoms with van der Waals surface area (Å²) >= 11 is 1.85. The van der Waals surface area contributed by atoms with Crippen molar-refractivity contribution in [2.24, 2.45) is 0 Å². The molecule has 0 aliphatic heterocycles. The Morgan fingerprint density at radius 3 is 1.88 bits per heavy atom. The highest BCUT2D eigenvalue weighted by atomic mass is 32.1. The first kappa shape index (κ1) is 27.9. The molecule has 0 radical (unpaired) electrons. The van der Waals surface area contributed by atoms with Gasteiger partial charge in [0.15, 0.2) is 0 Å². The number of fused-ring (bicyclic) bond motifs is 8. The zero-order valence-electron chi connectivity index (χ0n) is 26.5. The first-order valence-electron chi connectivity index (χ1n) is 16.6. The molecule has 10 rings (SSSR count). The fourth-order valence-corrected chi connectivity index (χ4v) is 8.54. The molecule has 0 spiro atoms. The predicted octanol–water partition coefficient (Wildman–Crippen LogP) is 13.9. The zero-order valence-corrected chi connectivity index (χ0v) is 27.3. The summed E-state index contributed by atoms with van der Waals surface area (Å²) in [7, 11) is 0. The second-order valence-electron chi connectivity index (χ2n) is 12.5. The predicted molar refractivity (Wildman–Crippen MR) is 210 cm³/mol. The smallest absolute Gasteiger partial charge is 0.143 e. The summed E-state index contributed by atoms with van der Waals surface area (Å²) in [6.07, 6.45) is 0. The lowest BCUT2D eigenvalue weighted by Crippen LogP contribution is -2.10. The molecule has 2 nitrogen and oxygen atoms in total. The molecule has 0 atom stereocenters. The molecule has 0 unspecified atom stereocenters. The molecule has 0 fully saturated rings. The second-order valence-corrected chi connectivity index (χ2v) is 13.6. The van der Waals surface area contributed by atoms with Crippen molar-refractivity contribution in [2.45, 2.75) is 0 Å². The van der Waals surface area contributed by atoms with Crippen LogP contribution < -0.4 is 4.90 Å². The molecule has 0 amide bonds. The summed E-state index contributed by atoms with van der Waals surface area (Å²) in [5.74, 6) is 0. The van der Waals surface area contributed by atoms with Gasteiger partial charge in [0.1, 0.15) is 11.2 Å². The van der Waals surface area contributed by atoms with Crippen LogP contribution in [-0.2, 0) is 0 Å². The number of hydrogen-bond donors (Lipinski definition) is 0. The quantitative estimate of drug-likeness (QED) is 0.186. The minimum Gasteiger partial charge on any atom is -0.455 e. The Bertz CT molecular complexity index is 2810. The average molecular weight is 644 g/mol. The minimum atomic E-state index is 0.872. The Morgan fingerprint density at radius 1 is 0.429 bits per heavy atom. The van der Waals surface area contributed by atoms with E-state index in [-0.39, 0.29) is 0 Å². The number of rotatable bonds is 5. The van der Waals surface area contributed by atoms with E-state index in [1.54, 1.807) is 0 Å². The van der Waals surface area contributed by atoms with Gasteiger partial charge >= 0.3 is 0 Å². The Labute approximate surface area is 287 Å². The van der Waals surface area contributed by atoms with Crippen LogP contribution in [0, 0.1) is 0 Å². The highest BCUT2D eigenvalue weighted by Crippen LogP contribution is 2.50. The van der Waals surface area contributed by atoms with Crippen molar-refractivity contribution in [3.8, 4) is 22.3 Å². The van der Waals surface area contributed by atoms with E-state index in [1.165, 1.54) is 36.7 Å². The lowest BCUT2D eigenvalue weighted by molar-refractivity contribution is 0.673. The van der Waals surface area contributed by atoms with Gasteiger partial charge in [-0.3, -0.25) is 0 Å². The van der Waals surface area contributed by atoms with Crippen LogP contribution in [-0.4, -0.2) is 0 Å². The number of hydrogen-bond acceptors (Lipinski definition) is 3. The van der Waals surface area contributed by atoms with Crippen molar-refractivity contribution in [3.63, 3.8) is 0 Å². The molecule has 0 N–H and O–H groups in total. The molecule has 49 heavy (non-hydrogen) atoms. The van der Waals surface area contributed by atoms with E-state index < -0.39 is 0 Å². The van der Waals surface area contributed by atoms with Crippen LogP contribution in [0.1, 0.15) is 0 Å². The fourth-order valence-electron chi connectivity index (χ4n) is 7.34. The monoisotopic (exact) mass is 643 g/mol. The van der Waals surface area contributed by atoms with Crippen LogP contribution in [0.15, 0.2) is 180 Å². The molecule has 0 bridgehead atoms. The molecule has 0 aliphatic carbocycles. The third-order valence-corrected chi connectivity index (χ3v) is 10.9. The van der Waals surface area contributed by atoms with Gasteiger partial charge in [0.25, 0.3) is 0 Å². The van der Waals surface area contributed by atoms with E-state index in [1.807, 2.05) is 11.3 Å². The molecule has 0 aliphatic rings. The summed E-state index contributed by atoms with van der Waals surface area (Å²) in [5.41, 5.74) is 9.76. The third kappa shape index (κ3) is 4.55. The number of benzene rings is 8. The molecular weight excluding hydrogens is 615 g/mol. The van der Waals surface area contributed by atoms with E-state index >= 15 is 0 Å². The summed E-state index contributed by atoms with van der Waals surface area (Å²) in [5, 5.41) is 7.05. The first-order chi connectivity index (χ1) is 24.3. The van der Waals surface area contributed by atoms with Crippen molar-refractivity contribution < 1.29 is 4.42 Å². The van der Waals surface area contributed by atoms with Crippen LogP contribution in [0.4, 0.5) is 17.1 Å². The van der Waals surface area contributed by atoms with E-state index in [4.69, 9.17) is 4.42 Å². The maximum atomic E-state index is 6.88. The second kappa shape index (κ2) is 11.2. The molecular formula is C46H29NOS. The number of anilines is 3. The molecule has 10 aromatic rings. The van der Waals surface area contributed by atoms with Gasteiger partial charge < -0.3 is 9.32 Å². The number of thiophene rings is 1. The normalized spacial score (nSPS) is 11.7. The van der Waals surface area contributed by atoms with Crippen LogP contribution in [0.5, 0.6) is 0 Å². The standard InChI is InChI=1S/C46H29NOS/c1-3-12-30(13-4-1)32-22-25-35(26-23-32)47(40-20-11-19-38-37-18-9-10-21-43(37)49-46(38)40)41-28-34(31-14-5-2-6-15-31)29-42-44(41)39-27-24-33-16-7-8-17-36(33)45(39)48-42/h1-29H. The highest BCUT2D eigenvalue weighted by molar-refractivity contribution is 7.26. The first-order valence-corrected chi connectivity index (χ1v) is 17.4. The lowest BCUT2D eigenvalue weighted by atomic mass is 9.99. The summed E-state index contributed by atoms with van der Waals surface area (Å²) < 4.78 is 9.42. The van der Waals surface area contributed by atoms with Crippen molar-refractivity contribution in [1.29, 1.82) is 0 Å². The molecule has 2 heterocycles. The average Bonchev–Trinajstić information content (AvgIpc) is 3.75. The van der Waals surface area contributed by atoms with E-state index in [0.29, 0.717) is 0 Å². The van der Waals surface area contributed by atoms with Gasteiger partial charge in [-0.15, -0.1) is 11.3 Å². The number of nitrogens with zero attached hydrogens (tertiary/aromatic N) is 1. The molecule has 8 aromatic carbocycles. The van der Waals surface area contributed by atoms with Gasteiger partial charge in [0.05, 0.1) is 21.5 Å². The maximum Gasteiger partial charge on any atom is 0.143 e. The van der Waals surface area contributed by atoms with Gasteiger partial charge in [-0.25, -0.2) is 0 Å². The van der Waals surface area contributed by atoms with Crippen molar-refractivity contribution in [3.05, 3.63) is 176 Å². The maximum absolute atomic E-state index is 6.88. The molecule has 0 saturated heterocycles. The lowest BCUT2D eigenvalue weighted by Gasteiger charge is -2.27. The largest absolute Gasteiger partial charge is 0.455 e. The van der Waals surface area contributed by atoms with E-state index in [2.05, 4.69) is 181 Å². The van der Waals surface area contributed by atoms with Crippen LogP contribution >= 0.6 is 11.3 Å². The Kier molecular flexibility index (Phi) is 6.39. The van der Waals surface area contributed by atoms with Gasteiger partial charge in [-0.1, -0.05) is 133 Å². The van der Waals surface area contributed by atoms with E-state index in [0.717, 1.165) is 55.5 Å². The SMILES string of the molecule is c1ccc(-c2ccc(N(c3cccc4c3sc3ccccc34)c3cc(-c4ccccc4)cc4oc5c6ccccc6ccc5c34)cc2)cc1. The number of furan rings is 1.